The van der Waals surface area contributed by atoms with Gasteiger partial charge in [0.15, 0.2) is 0 Å². The van der Waals surface area contributed by atoms with Crippen LogP contribution in [0.4, 0.5) is 10.1 Å². The van der Waals surface area contributed by atoms with Gasteiger partial charge >= 0.3 is 0 Å². The van der Waals surface area contributed by atoms with Gasteiger partial charge < -0.3 is 10.6 Å². The third-order valence-corrected chi connectivity index (χ3v) is 3.30. The molecule has 0 aromatic heterocycles. The highest BCUT2D eigenvalue weighted by molar-refractivity contribution is 6.30. The fourth-order valence-corrected chi connectivity index (χ4v) is 2.23. The topological polar surface area (TPSA) is 53.1 Å². The first-order chi connectivity index (χ1) is 9.49. The summed E-state index contributed by atoms with van der Waals surface area (Å²) in [6.07, 6.45) is 0. The third-order valence-electron chi connectivity index (χ3n) is 3.01. The maximum atomic E-state index is 13.1. The van der Waals surface area contributed by atoms with Gasteiger partial charge in [-0.25, -0.2) is 4.39 Å². The average Bonchev–Trinajstić information content (AvgIpc) is 2.43. The van der Waals surface area contributed by atoms with Gasteiger partial charge in [0.1, 0.15) is 11.7 Å². The van der Waals surface area contributed by atoms with Crippen molar-refractivity contribution >= 4 is 23.1 Å². The van der Waals surface area contributed by atoms with E-state index in [1.807, 2.05) is 30.1 Å². The molecule has 2 rings (SSSR count). The van der Waals surface area contributed by atoms with Crippen LogP contribution in [0.1, 0.15) is 11.1 Å². The van der Waals surface area contributed by atoms with Crippen LogP contribution in [0.15, 0.2) is 42.5 Å². The minimum Gasteiger partial charge on any atom is -0.384 e. The molecule has 0 amide bonds. The maximum absolute atomic E-state index is 13.1. The molecule has 2 aromatic carbocycles. The van der Waals surface area contributed by atoms with Gasteiger partial charge in [-0.05, 0) is 29.8 Å². The van der Waals surface area contributed by atoms with Crippen LogP contribution in [0.3, 0.4) is 0 Å². The van der Waals surface area contributed by atoms with E-state index in [-0.39, 0.29) is 10.9 Å². The predicted molar refractivity (Wildman–Crippen MR) is 81.0 cm³/mol. The molecular weight excluding hydrogens is 277 g/mol. The van der Waals surface area contributed by atoms with Crippen molar-refractivity contribution in [1.29, 1.82) is 5.41 Å². The summed E-state index contributed by atoms with van der Waals surface area (Å²) >= 11 is 5.78. The van der Waals surface area contributed by atoms with Crippen LogP contribution in [0.25, 0.3) is 0 Å². The van der Waals surface area contributed by atoms with Crippen molar-refractivity contribution in [2.75, 3.05) is 11.9 Å². The van der Waals surface area contributed by atoms with Crippen molar-refractivity contribution in [1.82, 2.24) is 0 Å². The lowest BCUT2D eigenvalue weighted by Gasteiger charge is -2.22. The van der Waals surface area contributed by atoms with Crippen LogP contribution in [-0.2, 0) is 6.54 Å². The molecule has 104 valence electrons. The van der Waals surface area contributed by atoms with Crippen molar-refractivity contribution in [2.24, 2.45) is 5.73 Å². The normalized spacial score (nSPS) is 10.3. The van der Waals surface area contributed by atoms with Crippen LogP contribution >= 0.6 is 11.6 Å². The standard InChI is InChI=1S/C15H15ClFN3/c1-20(9-10-6-7-13(17)12(16)8-10)14-5-3-2-4-11(14)15(18)19/h2-8H,9H2,1H3,(H3,18,19). The number of nitrogen functional groups attached to an aromatic ring is 1. The summed E-state index contributed by atoms with van der Waals surface area (Å²) in [6, 6.07) is 12.0. The molecule has 0 aliphatic carbocycles. The molecule has 3 N–H and O–H groups in total. The van der Waals surface area contributed by atoms with E-state index in [9.17, 15) is 4.39 Å². The smallest absolute Gasteiger partial charge is 0.141 e. The minimum atomic E-state index is -0.429. The fraction of sp³-hybridized carbons (Fsp3) is 0.133. The molecule has 0 unspecified atom stereocenters. The molecule has 0 bridgehead atoms. The molecule has 0 saturated carbocycles. The van der Waals surface area contributed by atoms with Gasteiger partial charge in [0.2, 0.25) is 0 Å². The molecule has 0 saturated heterocycles. The number of para-hydroxylation sites is 1. The summed E-state index contributed by atoms with van der Waals surface area (Å²) in [7, 11) is 1.89. The molecule has 0 atom stereocenters. The second-order valence-electron chi connectivity index (χ2n) is 4.54. The largest absolute Gasteiger partial charge is 0.384 e. The number of nitrogens with zero attached hydrogens (tertiary/aromatic N) is 1. The second-order valence-corrected chi connectivity index (χ2v) is 4.94. The molecule has 0 heterocycles. The van der Waals surface area contributed by atoms with Crippen LogP contribution < -0.4 is 10.6 Å². The Morgan fingerprint density at radius 1 is 1.30 bits per heavy atom. The Hall–Kier alpha value is -2.07. The predicted octanol–water partition coefficient (Wildman–Crippen LogP) is 3.40. The Morgan fingerprint density at radius 3 is 2.65 bits per heavy atom. The monoisotopic (exact) mass is 291 g/mol. The second kappa shape index (κ2) is 5.92. The summed E-state index contributed by atoms with van der Waals surface area (Å²) in [5.74, 6) is -0.410. The summed E-state index contributed by atoms with van der Waals surface area (Å²) < 4.78 is 13.1. The first-order valence-electron chi connectivity index (χ1n) is 6.07. The van der Waals surface area contributed by atoms with Gasteiger partial charge in [-0.2, -0.15) is 0 Å². The van der Waals surface area contributed by atoms with E-state index in [1.165, 1.54) is 6.07 Å². The summed E-state index contributed by atoms with van der Waals surface area (Å²) in [6.45, 7) is 0.546. The lowest BCUT2D eigenvalue weighted by Crippen LogP contribution is -2.22. The Kier molecular flexibility index (Phi) is 4.25. The highest BCUT2D eigenvalue weighted by Crippen LogP contribution is 2.22. The Bertz CT molecular complexity index is 643. The lowest BCUT2D eigenvalue weighted by molar-refractivity contribution is 0.627. The van der Waals surface area contributed by atoms with Gasteiger partial charge in [-0.1, -0.05) is 29.8 Å². The average molecular weight is 292 g/mol. The lowest BCUT2D eigenvalue weighted by atomic mass is 10.1. The fourth-order valence-electron chi connectivity index (χ4n) is 2.03. The van der Waals surface area contributed by atoms with Crippen LogP contribution in [0.2, 0.25) is 5.02 Å². The quantitative estimate of drug-likeness (QED) is 0.670. The SMILES string of the molecule is CN(Cc1ccc(F)c(Cl)c1)c1ccccc1C(=N)N. The van der Waals surface area contributed by atoms with E-state index in [4.69, 9.17) is 22.7 Å². The highest BCUT2D eigenvalue weighted by Gasteiger charge is 2.10. The molecule has 2 aromatic rings. The van der Waals surface area contributed by atoms with E-state index in [0.29, 0.717) is 12.1 Å². The number of rotatable bonds is 4. The van der Waals surface area contributed by atoms with Gasteiger partial charge in [0, 0.05) is 24.8 Å². The summed E-state index contributed by atoms with van der Waals surface area (Å²) in [5, 5.41) is 7.70. The third kappa shape index (κ3) is 3.08. The number of nitrogens with two attached hydrogens (primary N) is 1. The molecule has 5 heteroatoms. The van der Waals surface area contributed by atoms with E-state index < -0.39 is 5.82 Å². The molecule has 20 heavy (non-hydrogen) atoms. The number of nitrogens with one attached hydrogen (secondary N) is 1. The van der Waals surface area contributed by atoms with E-state index in [2.05, 4.69) is 0 Å². The molecular formula is C15H15ClFN3. The number of amidine groups is 1. The van der Waals surface area contributed by atoms with Crippen molar-refractivity contribution in [3.63, 3.8) is 0 Å². The maximum Gasteiger partial charge on any atom is 0.141 e. The molecule has 0 aliphatic heterocycles. The number of halogens is 2. The van der Waals surface area contributed by atoms with Gasteiger partial charge in [-0.3, -0.25) is 5.41 Å². The van der Waals surface area contributed by atoms with Crippen molar-refractivity contribution in [2.45, 2.75) is 6.54 Å². The number of anilines is 1. The summed E-state index contributed by atoms with van der Waals surface area (Å²) in [5.41, 5.74) is 7.98. The van der Waals surface area contributed by atoms with E-state index in [0.717, 1.165) is 11.3 Å². The van der Waals surface area contributed by atoms with E-state index >= 15 is 0 Å². The van der Waals surface area contributed by atoms with Gasteiger partial charge in [0.05, 0.1) is 5.02 Å². The van der Waals surface area contributed by atoms with Crippen LogP contribution in [0.5, 0.6) is 0 Å². The Morgan fingerprint density at radius 2 is 2.00 bits per heavy atom. The van der Waals surface area contributed by atoms with Gasteiger partial charge in [-0.15, -0.1) is 0 Å². The Balaban J connectivity index is 2.26. The van der Waals surface area contributed by atoms with Crippen LogP contribution in [-0.4, -0.2) is 12.9 Å². The zero-order valence-corrected chi connectivity index (χ0v) is 11.8. The highest BCUT2D eigenvalue weighted by atomic mass is 35.5. The van der Waals surface area contributed by atoms with Crippen molar-refractivity contribution in [3.05, 3.63) is 64.4 Å². The first kappa shape index (κ1) is 14.3. The van der Waals surface area contributed by atoms with Gasteiger partial charge in [0.25, 0.3) is 0 Å². The number of hydrogen-bond donors (Lipinski definition) is 2. The zero-order valence-electron chi connectivity index (χ0n) is 11.0. The minimum absolute atomic E-state index is 0.0181. The zero-order chi connectivity index (χ0) is 14.7. The Labute approximate surface area is 122 Å². The van der Waals surface area contributed by atoms with E-state index in [1.54, 1.807) is 18.2 Å². The molecule has 0 aliphatic rings. The molecule has 0 spiro atoms. The first-order valence-corrected chi connectivity index (χ1v) is 6.45. The van der Waals surface area contributed by atoms with Crippen molar-refractivity contribution in [3.8, 4) is 0 Å². The molecule has 0 fully saturated rings. The molecule has 3 nitrogen and oxygen atoms in total. The van der Waals surface area contributed by atoms with Crippen LogP contribution in [0, 0.1) is 11.2 Å². The molecule has 0 radical (unpaired) electrons. The van der Waals surface area contributed by atoms with Crippen molar-refractivity contribution < 1.29 is 4.39 Å². The summed E-state index contributed by atoms with van der Waals surface area (Å²) in [4.78, 5) is 1.94. The number of benzene rings is 2. The number of hydrogen-bond acceptors (Lipinski definition) is 2.